The van der Waals surface area contributed by atoms with Gasteiger partial charge in [-0.05, 0) is 30.5 Å². The van der Waals surface area contributed by atoms with Crippen molar-refractivity contribution in [2.75, 3.05) is 19.7 Å². The smallest absolute Gasteiger partial charge is 0.222 e. The van der Waals surface area contributed by atoms with Crippen LogP contribution in [0.1, 0.15) is 24.8 Å². The van der Waals surface area contributed by atoms with Crippen molar-refractivity contribution in [1.82, 2.24) is 4.90 Å². The molecular weight excluding hydrogens is 272 g/mol. The number of piperidine rings is 1. The highest BCUT2D eigenvalue weighted by Gasteiger charge is 2.17. The number of rotatable bonds is 6. The maximum Gasteiger partial charge on any atom is 0.222 e. The summed E-state index contributed by atoms with van der Waals surface area (Å²) in [5, 5.41) is 0. The van der Waals surface area contributed by atoms with Gasteiger partial charge in [-0.2, -0.15) is 0 Å². The molecule has 1 amide bonds. The van der Waals surface area contributed by atoms with E-state index in [2.05, 4.69) is 0 Å². The summed E-state index contributed by atoms with van der Waals surface area (Å²) in [6.45, 7) is 2.04. The molecule has 1 aromatic rings. The van der Waals surface area contributed by atoms with Gasteiger partial charge in [0.25, 0.3) is 0 Å². The van der Waals surface area contributed by atoms with Crippen LogP contribution in [-0.2, 0) is 11.2 Å². The Morgan fingerprint density at radius 1 is 1.30 bits per heavy atom. The van der Waals surface area contributed by atoms with Crippen LogP contribution in [0.2, 0.25) is 0 Å². The molecule has 5 heteroatoms. The standard InChI is InChI=1S/C15H20N2O2S/c16-14(20)11-12-4-6-13(7-5-12)19-10-9-17-8-2-1-3-15(17)18/h4-7H,1-3,8-11H2,(H2,16,20). The molecule has 0 aromatic heterocycles. The number of likely N-dealkylation sites (tertiary alicyclic amines) is 1. The van der Waals surface area contributed by atoms with Crippen molar-refractivity contribution in [2.24, 2.45) is 5.73 Å². The Morgan fingerprint density at radius 3 is 2.70 bits per heavy atom. The van der Waals surface area contributed by atoms with E-state index in [1.807, 2.05) is 29.2 Å². The molecular formula is C15H20N2O2S. The summed E-state index contributed by atoms with van der Waals surface area (Å²) < 4.78 is 5.66. The van der Waals surface area contributed by atoms with Crippen LogP contribution < -0.4 is 10.5 Å². The normalized spacial score (nSPS) is 15.2. The Hall–Kier alpha value is -1.62. The number of carbonyl (C=O) groups excluding carboxylic acids is 1. The number of hydrogen-bond donors (Lipinski definition) is 1. The molecule has 0 bridgehead atoms. The summed E-state index contributed by atoms with van der Waals surface area (Å²) >= 11 is 4.87. The number of benzene rings is 1. The van der Waals surface area contributed by atoms with Crippen molar-refractivity contribution in [1.29, 1.82) is 0 Å². The van der Waals surface area contributed by atoms with Crippen molar-refractivity contribution < 1.29 is 9.53 Å². The third-order valence-corrected chi connectivity index (χ3v) is 3.50. The van der Waals surface area contributed by atoms with Crippen LogP contribution in [0.5, 0.6) is 5.75 Å². The molecule has 1 aliphatic heterocycles. The van der Waals surface area contributed by atoms with E-state index in [4.69, 9.17) is 22.7 Å². The minimum absolute atomic E-state index is 0.242. The number of thiocarbonyl (C=S) groups is 1. The first-order chi connectivity index (χ1) is 9.65. The van der Waals surface area contributed by atoms with Crippen molar-refractivity contribution in [3.05, 3.63) is 29.8 Å². The fourth-order valence-electron chi connectivity index (χ4n) is 2.28. The second-order valence-electron chi connectivity index (χ2n) is 4.97. The second kappa shape index (κ2) is 7.24. The molecule has 0 spiro atoms. The zero-order chi connectivity index (χ0) is 14.4. The lowest BCUT2D eigenvalue weighted by Gasteiger charge is -2.26. The van der Waals surface area contributed by atoms with Crippen molar-refractivity contribution in [3.8, 4) is 5.75 Å². The minimum atomic E-state index is 0.242. The number of amides is 1. The molecule has 1 fully saturated rings. The highest BCUT2D eigenvalue weighted by atomic mass is 32.1. The fourth-order valence-corrected chi connectivity index (χ4v) is 2.44. The summed E-state index contributed by atoms with van der Waals surface area (Å²) in [7, 11) is 0. The number of nitrogens with two attached hydrogens (primary N) is 1. The Morgan fingerprint density at radius 2 is 2.05 bits per heavy atom. The maximum atomic E-state index is 11.6. The minimum Gasteiger partial charge on any atom is -0.492 e. The third-order valence-electron chi connectivity index (χ3n) is 3.35. The Kier molecular flexibility index (Phi) is 5.35. The van der Waals surface area contributed by atoms with Gasteiger partial charge in [-0.25, -0.2) is 0 Å². The van der Waals surface area contributed by atoms with Gasteiger partial charge >= 0.3 is 0 Å². The highest BCUT2D eigenvalue weighted by Crippen LogP contribution is 2.14. The van der Waals surface area contributed by atoms with Crippen molar-refractivity contribution >= 4 is 23.1 Å². The van der Waals surface area contributed by atoms with Crippen LogP contribution in [0.25, 0.3) is 0 Å². The zero-order valence-corrected chi connectivity index (χ0v) is 12.3. The first-order valence-corrected chi connectivity index (χ1v) is 7.34. The van der Waals surface area contributed by atoms with E-state index in [9.17, 15) is 4.79 Å². The Bertz CT molecular complexity index is 473. The number of ether oxygens (including phenoxy) is 1. The van der Waals surface area contributed by atoms with Gasteiger partial charge in [0.1, 0.15) is 12.4 Å². The van der Waals surface area contributed by atoms with E-state index in [0.717, 1.165) is 30.7 Å². The molecule has 0 radical (unpaired) electrons. The van der Waals surface area contributed by atoms with Crippen LogP contribution in [0.3, 0.4) is 0 Å². The van der Waals surface area contributed by atoms with Crippen LogP contribution in [0.15, 0.2) is 24.3 Å². The zero-order valence-electron chi connectivity index (χ0n) is 11.5. The molecule has 20 heavy (non-hydrogen) atoms. The summed E-state index contributed by atoms with van der Waals surface area (Å²) in [4.78, 5) is 14.0. The molecule has 108 valence electrons. The largest absolute Gasteiger partial charge is 0.492 e. The van der Waals surface area contributed by atoms with Crippen LogP contribution in [0, 0.1) is 0 Å². The van der Waals surface area contributed by atoms with Gasteiger partial charge in [0.15, 0.2) is 0 Å². The monoisotopic (exact) mass is 292 g/mol. The molecule has 1 saturated heterocycles. The van der Waals surface area contributed by atoms with E-state index >= 15 is 0 Å². The molecule has 2 N–H and O–H groups in total. The van der Waals surface area contributed by atoms with E-state index in [1.54, 1.807) is 0 Å². The lowest BCUT2D eigenvalue weighted by molar-refractivity contribution is -0.133. The van der Waals surface area contributed by atoms with E-state index in [-0.39, 0.29) is 5.91 Å². The molecule has 0 unspecified atom stereocenters. The Balaban J connectivity index is 1.76. The van der Waals surface area contributed by atoms with E-state index in [0.29, 0.717) is 31.0 Å². The van der Waals surface area contributed by atoms with Gasteiger partial charge in [-0.15, -0.1) is 0 Å². The SMILES string of the molecule is NC(=S)Cc1ccc(OCCN2CCCCC2=O)cc1. The molecule has 0 atom stereocenters. The molecule has 4 nitrogen and oxygen atoms in total. The van der Waals surface area contributed by atoms with Crippen LogP contribution in [-0.4, -0.2) is 35.5 Å². The summed E-state index contributed by atoms with van der Waals surface area (Å²) in [5.74, 6) is 1.05. The first-order valence-electron chi connectivity index (χ1n) is 6.93. The second-order valence-corrected chi connectivity index (χ2v) is 5.50. The highest BCUT2D eigenvalue weighted by molar-refractivity contribution is 7.80. The molecule has 1 aromatic carbocycles. The quantitative estimate of drug-likeness (QED) is 0.814. The van der Waals surface area contributed by atoms with Gasteiger partial charge in [-0.1, -0.05) is 24.4 Å². The topological polar surface area (TPSA) is 55.6 Å². The van der Waals surface area contributed by atoms with E-state index in [1.165, 1.54) is 0 Å². The van der Waals surface area contributed by atoms with Crippen molar-refractivity contribution in [3.63, 3.8) is 0 Å². The van der Waals surface area contributed by atoms with Gasteiger partial charge in [0.2, 0.25) is 5.91 Å². The van der Waals surface area contributed by atoms with Gasteiger partial charge < -0.3 is 15.4 Å². The number of carbonyl (C=O) groups is 1. The summed E-state index contributed by atoms with van der Waals surface area (Å²) in [6, 6.07) is 7.73. The van der Waals surface area contributed by atoms with Gasteiger partial charge in [0, 0.05) is 19.4 Å². The average molecular weight is 292 g/mol. The maximum absolute atomic E-state index is 11.6. The number of nitrogens with zero attached hydrogens (tertiary/aromatic N) is 1. The first kappa shape index (κ1) is 14.8. The predicted molar refractivity (Wildman–Crippen MR) is 82.9 cm³/mol. The summed E-state index contributed by atoms with van der Waals surface area (Å²) in [5.41, 5.74) is 6.58. The third kappa shape index (κ3) is 4.49. The lowest BCUT2D eigenvalue weighted by atomic mass is 10.1. The van der Waals surface area contributed by atoms with E-state index < -0.39 is 0 Å². The molecule has 1 aliphatic rings. The van der Waals surface area contributed by atoms with Gasteiger partial charge in [0.05, 0.1) is 11.5 Å². The molecule has 1 heterocycles. The number of hydrogen-bond acceptors (Lipinski definition) is 3. The molecule has 0 aliphatic carbocycles. The molecule has 2 rings (SSSR count). The Labute approximate surface area is 124 Å². The fraction of sp³-hybridized carbons (Fsp3) is 0.467. The predicted octanol–water partition coefficient (Wildman–Crippen LogP) is 1.91. The lowest BCUT2D eigenvalue weighted by Crippen LogP contribution is -2.38. The van der Waals surface area contributed by atoms with Crippen LogP contribution in [0.4, 0.5) is 0 Å². The van der Waals surface area contributed by atoms with Gasteiger partial charge in [-0.3, -0.25) is 4.79 Å². The van der Waals surface area contributed by atoms with Crippen molar-refractivity contribution in [2.45, 2.75) is 25.7 Å². The molecule has 0 saturated carbocycles. The average Bonchev–Trinajstić information content (AvgIpc) is 2.42. The summed E-state index contributed by atoms with van der Waals surface area (Å²) in [6.07, 6.45) is 3.39. The van der Waals surface area contributed by atoms with Crippen LogP contribution >= 0.6 is 12.2 Å².